The first kappa shape index (κ1) is 13.5. The van der Waals surface area contributed by atoms with Gasteiger partial charge in [0.25, 0.3) is 0 Å². The van der Waals surface area contributed by atoms with Crippen molar-refractivity contribution in [3.05, 3.63) is 16.1 Å². The topological polar surface area (TPSA) is 53.7 Å². The predicted molar refractivity (Wildman–Crippen MR) is 73.8 cm³/mol. The molecule has 18 heavy (non-hydrogen) atoms. The lowest BCUT2D eigenvalue weighted by Crippen LogP contribution is -2.21. The standard InChI is InChI=1S/C13H18BrNO3/c1-16-9-6-8(14)11(17-2)10(12(9)18-3)13(7-15)4-5-13/h6H,4-5,7,15H2,1-3H3. The van der Waals surface area contributed by atoms with Crippen LogP contribution in [0.3, 0.4) is 0 Å². The lowest BCUT2D eigenvalue weighted by atomic mass is 9.93. The summed E-state index contributed by atoms with van der Waals surface area (Å²) in [5, 5.41) is 0. The van der Waals surface area contributed by atoms with Crippen molar-refractivity contribution in [2.24, 2.45) is 5.73 Å². The van der Waals surface area contributed by atoms with Gasteiger partial charge in [0.15, 0.2) is 11.5 Å². The molecule has 0 saturated heterocycles. The summed E-state index contributed by atoms with van der Waals surface area (Å²) in [6.45, 7) is 0.583. The molecule has 1 aromatic rings. The Bertz CT molecular complexity index is 458. The van der Waals surface area contributed by atoms with Gasteiger partial charge in [0.1, 0.15) is 5.75 Å². The van der Waals surface area contributed by atoms with Crippen LogP contribution in [0.25, 0.3) is 0 Å². The molecule has 0 aliphatic heterocycles. The number of hydrogen-bond donors (Lipinski definition) is 1. The second-order valence-electron chi connectivity index (χ2n) is 4.49. The van der Waals surface area contributed by atoms with E-state index in [0.717, 1.165) is 34.4 Å². The first-order valence-corrected chi connectivity index (χ1v) is 6.62. The number of nitrogens with two attached hydrogens (primary N) is 1. The zero-order valence-corrected chi connectivity index (χ0v) is 12.5. The van der Waals surface area contributed by atoms with Crippen molar-refractivity contribution in [2.75, 3.05) is 27.9 Å². The average Bonchev–Trinajstić information content (AvgIpc) is 3.18. The second kappa shape index (κ2) is 4.97. The van der Waals surface area contributed by atoms with Crippen molar-refractivity contribution >= 4 is 15.9 Å². The third-order valence-electron chi connectivity index (χ3n) is 3.56. The highest BCUT2D eigenvalue weighted by molar-refractivity contribution is 9.10. The van der Waals surface area contributed by atoms with Crippen LogP contribution in [0, 0.1) is 0 Å². The highest BCUT2D eigenvalue weighted by Crippen LogP contribution is 2.57. The van der Waals surface area contributed by atoms with E-state index in [9.17, 15) is 0 Å². The maximum absolute atomic E-state index is 5.92. The van der Waals surface area contributed by atoms with Crippen molar-refractivity contribution in [3.8, 4) is 17.2 Å². The third-order valence-corrected chi connectivity index (χ3v) is 4.14. The van der Waals surface area contributed by atoms with Crippen LogP contribution in [0.4, 0.5) is 0 Å². The van der Waals surface area contributed by atoms with Crippen LogP contribution in [0.2, 0.25) is 0 Å². The molecule has 1 aliphatic carbocycles. The fourth-order valence-corrected chi connectivity index (χ4v) is 2.90. The Morgan fingerprint density at radius 1 is 1.17 bits per heavy atom. The fraction of sp³-hybridized carbons (Fsp3) is 0.538. The Kier molecular flexibility index (Phi) is 3.73. The summed E-state index contributed by atoms with van der Waals surface area (Å²) in [6, 6.07) is 1.85. The number of hydrogen-bond acceptors (Lipinski definition) is 4. The molecular weight excluding hydrogens is 298 g/mol. The van der Waals surface area contributed by atoms with Gasteiger partial charge in [0.05, 0.1) is 25.8 Å². The van der Waals surface area contributed by atoms with Crippen LogP contribution in [-0.2, 0) is 5.41 Å². The molecule has 0 atom stereocenters. The normalized spacial score (nSPS) is 16.3. The van der Waals surface area contributed by atoms with Gasteiger partial charge in [-0.25, -0.2) is 0 Å². The quantitative estimate of drug-likeness (QED) is 0.907. The van der Waals surface area contributed by atoms with Crippen molar-refractivity contribution in [1.82, 2.24) is 0 Å². The maximum atomic E-state index is 5.92. The highest BCUT2D eigenvalue weighted by atomic mass is 79.9. The molecule has 0 bridgehead atoms. The molecule has 0 heterocycles. The lowest BCUT2D eigenvalue weighted by Gasteiger charge is -2.23. The van der Waals surface area contributed by atoms with Gasteiger partial charge in [-0.2, -0.15) is 0 Å². The molecule has 100 valence electrons. The zero-order valence-electron chi connectivity index (χ0n) is 10.9. The minimum absolute atomic E-state index is 0.0340. The maximum Gasteiger partial charge on any atom is 0.168 e. The Morgan fingerprint density at radius 3 is 2.17 bits per heavy atom. The molecule has 1 fully saturated rings. The van der Waals surface area contributed by atoms with E-state index in [-0.39, 0.29) is 5.41 Å². The van der Waals surface area contributed by atoms with Crippen LogP contribution in [0.5, 0.6) is 17.2 Å². The summed E-state index contributed by atoms with van der Waals surface area (Å²) < 4.78 is 17.3. The van der Waals surface area contributed by atoms with E-state index in [2.05, 4.69) is 15.9 Å². The van der Waals surface area contributed by atoms with E-state index in [1.807, 2.05) is 6.07 Å². The second-order valence-corrected chi connectivity index (χ2v) is 5.34. The first-order valence-electron chi connectivity index (χ1n) is 5.82. The number of halogens is 1. The summed E-state index contributed by atoms with van der Waals surface area (Å²) in [5.74, 6) is 2.20. The summed E-state index contributed by atoms with van der Waals surface area (Å²) >= 11 is 3.51. The van der Waals surface area contributed by atoms with E-state index in [0.29, 0.717) is 12.3 Å². The smallest absolute Gasteiger partial charge is 0.168 e. The molecule has 0 aromatic heterocycles. The van der Waals surface area contributed by atoms with Crippen molar-refractivity contribution in [1.29, 1.82) is 0 Å². The molecule has 2 N–H and O–H groups in total. The van der Waals surface area contributed by atoms with E-state index in [1.165, 1.54) is 0 Å². The van der Waals surface area contributed by atoms with Crippen LogP contribution in [-0.4, -0.2) is 27.9 Å². The van der Waals surface area contributed by atoms with Gasteiger partial charge < -0.3 is 19.9 Å². The zero-order chi connectivity index (χ0) is 13.3. The summed E-state index contributed by atoms with van der Waals surface area (Å²) in [6.07, 6.45) is 2.10. The number of benzene rings is 1. The molecular formula is C13H18BrNO3. The van der Waals surface area contributed by atoms with Crippen LogP contribution in [0.15, 0.2) is 10.5 Å². The molecule has 1 saturated carbocycles. The molecule has 0 radical (unpaired) electrons. The Hall–Kier alpha value is -0.940. The number of rotatable bonds is 5. The van der Waals surface area contributed by atoms with Crippen molar-refractivity contribution in [3.63, 3.8) is 0 Å². The molecule has 5 heteroatoms. The Morgan fingerprint density at radius 2 is 1.78 bits per heavy atom. The summed E-state index contributed by atoms with van der Waals surface area (Å²) in [5.41, 5.74) is 6.90. The molecule has 0 spiro atoms. The number of methoxy groups -OCH3 is 3. The first-order chi connectivity index (χ1) is 8.63. The Balaban J connectivity index is 2.69. The van der Waals surface area contributed by atoms with Crippen LogP contribution in [0.1, 0.15) is 18.4 Å². The number of ether oxygens (including phenoxy) is 3. The van der Waals surface area contributed by atoms with E-state index >= 15 is 0 Å². The van der Waals surface area contributed by atoms with Crippen LogP contribution < -0.4 is 19.9 Å². The van der Waals surface area contributed by atoms with Gasteiger partial charge in [0.2, 0.25) is 0 Å². The molecule has 2 rings (SSSR count). The van der Waals surface area contributed by atoms with Gasteiger partial charge in [-0.05, 0) is 28.8 Å². The van der Waals surface area contributed by atoms with Gasteiger partial charge in [-0.15, -0.1) is 0 Å². The minimum atomic E-state index is -0.0340. The fourth-order valence-electron chi connectivity index (χ4n) is 2.33. The van der Waals surface area contributed by atoms with E-state index in [1.54, 1.807) is 21.3 Å². The van der Waals surface area contributed by atoms with E-state index < -0.39 is 0 Å². The molecule has 0 amide bonds. The summed E-state index contributed by atoms with van der Waals surface area (Å²) in [7, 11) is 4.92. The average molecular weight is 316 g/mol. The molecule has 0 unspecified atom stereocenters. The van der Waals surface area contributed by atoms with Crippen molar-refractivity contribution in [2.45, 2.75) is 18.3 Å². The predicted octanol–water partition coefficient (Wildman–Crippen LogP) is 2.47. The van der Waals surface area contributed by atoms with Gasteiger partial charge in [0, 0.05) is 23.6 Å². The monoisotopic (exact) mass is 315 g/mol. The lowest BCUT2D eigenvalue weighted by molar-refractivity contribution is 0.337. The highest BCUT2D eigenvalue weighted by Gasteiger charge is 2.48. The third kappa shape index (κ3) is 1.95. The van der Waals surface area contributed by atoms with Crippen molar-refractivity contribution < 1.29 is 14.2 Å². The minimum Gasteiger partial charge on any atom is -0.495 e. The molecule has 4 nitrogen and oxygen atoms in total. The van der Waals surface area contributed by atoms with E-state index in [4.69, 9.17) is 19.9 Å². The molecule has 1 aliphatic rings. The SMILES string of the molecule is COc1cc(Br)c(OC)c(C2(CN)CC2)c1OC. The Labute approximate surface area is 116 Å². The van der Waals surface area contributed by atoms with Crippen LogP contribution >= 0.6 is 15.9 Å². The largest absolute Gasteiger partial charge is 0.495 e. The summed E-state index contributed by atoms with van der Waals surface area (Å²) in [4.78, 5) is 0. The van der Waals surface area contributed by atoms with Gasteiger partial charge in [-0.3, -0.25) is 0 Å². The molecule has 1 aromatic carbocycles. The van der Waals surface area contributed by atoms with Gasteiger partial charge in [-0.1, -0.05) is 0 Å². The van der Waals surface area contributed by atoms with Gasteiger partial charge >= 0.3 is 0 Å².